The van der Waals surface area contributed by atoms with Gasteiger partial charge in [0.1, 0.15) is 17.4 Å². The number of benzene rings is 4. The van der Waals surface area contributed by atoms with Crippen LogP contribution in [-0.2, 0) is 4.74 Å². The molecule has 36 heavy (non-hydrogen) atoms. The molecular weight excluding hydrogens is 452 g/mol. The van der Waals surface area contributed by atoms with Gasteiger partial charge in [-0.3, -0.25) is 0 Å². The van der Waals surface area contributed by atoms with Crippen molar-refractivity contribution >= 4 is 23.4 Å². The van der Waals surface area contributed by atoms with Gasteiger partial charge < -0.3 is 20.1 Å². The Morgan fingerprint density at radius 3 is 1.81 bits per heavy atom. The van der Waals surface area contributed by atoms with Gasteiger partial charge in [-0.15, -0.1) is 0 Å². The quantitative estimate of drug-likeness (QED) is 0.282. The van der Waals surface area contributed by atoms with Gasteiger partial charge in [0.25, 0.3) is 0 Å². The molecule has 0 bridgehead atoms. The molecule has 2 N–H and O–H groups in total. The summed E-state index contributed by atoms with van der Waals surface area (Å²) in [6.07, 6.45) is -0.449. The van der Waals surface area contributed by atoms with Crippen LogP contribution in [0.4, 0.5) is 16.2 Å². The molecule has 4 aromatic carbocycles. The van der Waals surface area contributed by atoms with E-state index in [-0.39, 0.29) is 5.56 Å². The Morgan fingerprint density at radius 2 is 1.25 bits per heavy atom. The molecule has 182 valence electrons. The van der Waals surface area contributed by atoms with E-state index in [1.807, 2.05) is 80.6 Å². The van der Waals surface area contributed by atoms with Crippen LogP contribution in [0.25, 0.3) is 0 Å². The number of carbonyl (C=O) groups excluding carboxylic acids is 2. The first-order valence-corrected chi connectivity index (χ1v) is 11.6. The summed E-state index contributed by atoms with van der Waals surface area (Å²) in [6, 6.07) is 29.7. The van der Waals surface area contributed by atoms with Crippen molar-refractivity contribution in [1.82, 2.24) is 0 Å². The van der Waals surface area contributed by atoms with Gasteiger partial charge in [0.15, 0.2) is 0 Å². The Morgan fingerprint density at radius 1 is 0.694 bits per heavy atom. The van der Waals surface area contributed by atoms with Crippen molar-refractivity contribution < 1.29 is 19.1 Å². The number of ether oxygens (including phenoxy) is 2. The van der Waals surface area contributed by atoms with Crippen molar-refractivity contribution in [2.24, 2.45) is 0 Å². The van der Waals surface area contributed by atoms with E-state index in [0.717, 1.165) is 22.3 Å². The van der Waals surface area contributed by atoms with Gasteiger partial charge in [0, 0.05) is 11.4 Å². The highest BCUT2D eigenvalue weighted by molar-refractivity contribution is 6.01. The molecule has 0 aliphatic rings. The summed E-state index contributed by atoms with van der Waals surface area (Å²) >= 11 is 0. The molecule has 6 heteroatoms. The lowest BCUT2D eigenvalue weighted by Crippen LogP contribution is -2.20. The highest BCUT2D eigenvalue weighted by Gasteiger charge is 2.21. The van der Waals surface area contributed by atoms with Crippen LogP contribution in [0.15, 0.2) is 97.1 Å². The lowest BCUT2D eigenvalue weighted by molar-refractivity contribution is 0.0594. The molecule has 0 heterocycles. The molecule has 0 spiro atoms. The Labute approximate surface area is 210 Å². The molecule has 0 aliphatic carbocycles. The third-order valence-corrected chi connectivity index (χ3v) is 5.68. The Hall–Kier alpha value is -4.58. The molecule has 0 aromatic heterocycles. The fourth-order valence-electron chi connectivity index (χ4n) is 3.73. The highest BCUT2D eigenvalue weighted by atomic mass is 16.5. The van der Waals surface area contributed by atoms with Crippen LogP contribution in [0.5, 0.6) is 5.75 Å². The summed E-state index contributed by atoms with van der Waals surface area (Å²) in [4.78, 5) is 25.1. The maximum atomic E-state index is 12.7. The second-order valence-corrected chi connectivity index (χ2v) is 8.47. The standard InChI is InChI=1S/C30H28N2O4/c1-20-9-13-22(14-10-20)28(23-15-11-21(2)12-16-23)36-27-18-17-25(19-26(27)29(33)35-3)32-30(34)31-24-7-5-4-6-8-24/h4-19,28H,1-3H3,(H2,31,32,34). The minimum absolute atomic E-state index is 0.208. The van der Waals surface area contributed by atoms with Gasteiger partial charge in [-0.1, -0.05) is 77.9 Å². The fraction of sp³-hybridized carbons (Fsp3) is 0.133. The van der Waals surface area contributed by atoms with Crippen molar-refractivity contribution in [3.8, 4) is 5.75 Å². The van der Waals surface area contributed by atoms with E-state index in [0.29, 0.717) is 17.1 Å². The van der Waals surface area contributed by atoms with Gasteiger partial charge in [-0.2, -0.15) is 0 Å². The number of methoxy groups -OCH3 is 1. The predicted octanol–water partition coefficient (Wildman–Crippen LogP) is 6.90. The molecule has 0 atom stereocenters. The highest BCUT2D eigenvalue weighted by Crippen LogP contribution is 2.33. The first kappa shape index (κ1) is 24.5. The van der Waals surface area contributed by atoms with E-state index >= 15 is 0 Å². The fourth-order valence-corrected chi connectivity index (χ4v) is 3.73. The van der Waals surface area contributed by atoms with Crippen LogP contribution in [0.2, 0.25) is 0 Å². The van der Waals surface area contributed by atoms with E-state index in [4.69, 9.17) is 9.47 Å². The number of aryl methyl sites for hydroxylation is 2. The normalized spacial score (nSPS) is 10.6. The van der Waals surface area contributed by atoms with E-state index in [1.54, 1.807) is 30.3 Å². The summed E-state index contributed by atoms with van der Waals surface area (Å²) in [6.45, 7) is 4.06. The smallest absolute Gasteiger partial charge is 0.341 e. The van der Waals surface area contributed by atoms with Gasteiger partial charge in [-0.05, 0) is 55.3 Å². The summed E-state index contributed by atoms with van der Waals surface area (Å²) in [5, 5.41) is 5.51. The number of rotatable bonds is 7. The van der Waals surface area contributed by atoms with Gasteiger partial charge in [0.2, 0.25) is 0 Å². The number of nitrogens with one attached hydrogen (secondary N) is 2. The molecule has 0 aliphatic heterocycles. The number of carbonyl (C=O) groups is 2. The van der Waals surface area contributed by atoms with Crippen LogP contribution in [-0.4, -0.2) is 19.1 Å². The van der Waals surface area contributed by atoms with Crippen molar-refractivity contribution in [3.05, 3.63) is 125 Å². The zero-order valence-corrected chi connectivity index (χ0v) is 20.4. The topological polar surface area (TPSA) is 76.7 Å². The number of anilines is 2. The summed E-state index contributed by atoms with van der Waals surface area (Å²) in [7, 11) is 1.31. The Kier molecular flexibility index (Phi) is 7.66. The molecule has 4 rings (SSSR count). The number of amides is 2. The van der Waals surface area contributed by atoms with E-state index in [1.165, 1.54) is 7.11 Å². The average Bonchev–Trinajstić information content (AvgIpc) is 2.89. The third-order valence-electron chi connectivity index (χ3n) is 5.68. The van der Waals surface area contributed by atoms with E-state index < -0.39 is 18.1 Å². The summed E-state index contributed by atoms with van der Waals surface area (Å²) in [5.74, 6) is -0.217. The molecule has 0 fully saturated rings. The number of esters is 1. The molecule has 0 unspecified atom stereocenters. The largest absolute Gasteiger partial charge is 0.480 e. The number of hydrogen-bond donors (Lipinski definition) is 2. The zero-order chi connectivity index (χ0) is 25.5. The second kappa shape index (κ2) is 11.2. The zero-order valence-electron chi connectivity index (χ0n) is 20.4. The lowest BCUT2D eigenvalue weighted by Gasteiger charge is -2.22. The van der Waals surface area contributed by atoms with Crippen LogP contribution >= 0.6 is 0 Å². The maximum absolute atomic E-state index is 12.7. The summed E-state index contributed by atoms with van der Waals surface area (Å²) in [5.41, 5.74) is 5.47. The SMILES string of the molecule is COC(=O)c1cc(NC(=O)Nc2ccccc2)ccc1OC(c1ccc(C)cc1)c1ccc(C)cc1. The summed E-state index contributed by atoms with van der Waals surface area (Å²) < 4.78 is 11.5. The van der Waals surface area contributed by atoms with Crippen LogP contribution in [0.3, 0.4) is 0 Å². The van der Waals surface area contributed by atoms with Crippen molar-refractivity contribution in [2.75, 3.05) is 17.7 Å². The third kappa shape index (κ3) is 6.10. The first-order valence-electron chi connectivity index (χ1n) is 11.6. The second-order valence-electron chi connectivity index (χ2n) is 8.47. The Bertz CT molecular complexity index is 1290. The lowest BCUT2D eigenvalue weighted by atomic mass is 9.99. The molecule has 6 nitrogen and oxygen atoms in total. The van der Waals surface area contributed by atoms with Gasteiger partial charge >= 0.3 is 12.0 Å². The van der Waals surface area contributed by atoms with Crippen molar-refractivity contribution in [1.29, 1.82) is 0 Å². The van der Waals surface area contributed by atoms with Crippen LogP contribution in [0, 0.1) is 13.8 Å². The van der Waals surface area contributed by atoms with Crippen LogP contribution in [0.1, 0.15) is 38.7 Å². The molecule has 0 saturated carbocycles. The van der Waals surface area contributed by atoms with Crippen LogP contribution < -0.4 is 15.4 Å². The number of hydrogen-bond acceptors (Lipinski definition) is 4. The average molecular weight is 481 g/mol. The van der Waals surface area contributed by atoms with E-state index in [2.05, 4.69) is 10.6 Å². The minimum atomic E-state index is -0.566. The monoisotopic (exact) mass is 480 g/mol. The minimum Gasteiger partial charge on any atom is -0.480 e. The Balaban J connectivity index is 1.63. The van der Waals surface area contributed by atoms with Gasteiger partial charge in [-0.25, -0.2) is 9.59 Å². The van der Waals surface area contributed by atoms with Crippen molar-refractivity contribution in [3.63, 3.8) is 0 Å². The molecule has 2 amide bonds. The predicted molar refractivity (Wildman–Crippen MR) is 142 cm³/mol. The molecule has 0 saturated heterocycles. The molecular formula is C30H28N2O4. The first-order chi connectivity index (χ1) is 17.4. The van der Waals surface area contributed by atoms with Gasteiger partial charge in [0.05, 0.1) is 7.11 Å². The van der Waals surface area contributed by atoms with E-state index in [9.17, 15) is 9.59 Å². The number of urea groups is 1. The van der Waals surface area contributed by atoms with Crippen molar-refractivity contribution in [2.45, 2.75) is 20.0 Å². The maximum Gasteiger partial charge on any atom is 0.341 e. The molecule has 4 aromatic rings. The molecule has 0 radical (unpaired) electrons. The number of para-hydroxylation sites is 1.